The first-order valence-corrected chi connectivity index (χ1v) is 7.25. The summed E-state index contributed by atoms with van der Waals surface area (Å²) in [6, 6.07) is 14.5. The van der Waals surface area contributed by atoms with E-state index in [9.17, 15) is 9.90 Å². The van der Waals surface area contributed by atoms with Crippen LogP contribution in [0.2, 0.25) is 0 Å². The Hall–Kier alpha value is -3.41. The van der Waals surface area contributed by atoms with Crippen molar-refractivity contribution >= 4 is 28.6 Å². The molecule has 0 spiro atoms. The molecule has 0 saturated carbocycles. The van der Waals surface area contributed by atoms with Crippen LogP contribution in [-0.2, 0) is 4.79 Å². The number of aromatic nitrogens is 1. The molecule has 3 rings (SSSR count). The molecule has 120 valence electrons. The lowest BCUT2D eigenvalue weighted by molar-refractivity contribution is -0.113. The largest absolute Gasteiger partial charge is 0.497 e. The quantitative estimate of drug-likeness (QED) is 0.557. The number of amides is 1. The number of H-pyrrole nitrogens is 1. The zero-order chi connectivity index (χ0) is 16.9. The summed E-state index contributed by atoms with van der Waals surface area (Å²) in [4.78, 5) is 14.6. The fourth-order valence-corrected chi connectivity index (χ4v) is 2.23. The monoisotopic (exact) mass is 321 g/mol. The second-order valence-corrected chi connectivity index (χ2v) is 5.01. The molecular weight excluding hydrogens is 306 g/mol. The summed E-state index contributed by atoms with van der Waals surface area (Å²) in [5, 5.41) is 18.0. The molecule has 6 heteroatoms. The molecule has 0 fully saturated rings. The van der Waals surface area contributed by atoms with E-state index in [1.54, 1.807) is 37.5 Å². The van der Waals surface area contributed by atoms with Crippen molar-refractivity contribution in [3.63, 3.8) is 0 Å². The van der Waals surface area contributed by atoms with Crippen LogP contribution in [-0.4, -0.2) is 23.1 Å². The molecule has 2 N–H and O–H groups in total. The fourth-order valence-electron chi connectivity index (χ4n) is 2.23. The van der Waals surface area contributed by atoms with Crippen molar-refractivity contribution < 1.29 is 14.6 Å². The van der Waals surface area contributed by atoms with Gasteiger partial charge < -0.3 is 14.8 Å². The van der Waals surface area contributed by atoms with Gasteiger partial charge in [-0.15, -0.1) is 10.2 Å². The van der Waals surface area contributed by atoms with Crippen molar-refractivity contribution in [2.45, 2.75) is 0 Å². The first-order chi connectivity index (χ1) is 11.7. The van der Waals surface area contributed by atoms with Crippen LogP contribution >= 0.6 is 0 Å². The van der Waals surface area contributed by atoms with Crippen molar-refractivity contribution in [3.05, 3.63) is 60.2 Å². The molecule has 0 atom stereocenters. The van der Waals surface area contributed by atoms with E-state index >= 15 is 0 Å². The highest BCUT2D eigenvalue weighted by molar-refractivity contribution is 5.95. The Balaban J connectivity index is 1.74. The van der Waals surface area contributed by atoms with Gasteiger partial charge in [0.1, 0.15) is 5.75 Å². The van der Waals surface area contributed by atoms with Crippen molar-refractivity contribution in [3.8, 4) is 11.6 Å². The molecule has 1 aromatic heterocycles. The maximum Gasteiger partial charge on any atom is 0.288 e. The van der Waals surface area contributed by atoms with E-state index in [2.05, 4.69) is 15.2 Å². The van der Waals surface area contributed by atoms with Crippen LogP contribution in [0.3, 0.4) is 0 Å². The molecule has 1 amide bonds. The van der Waals surface area contributed by atoms with Crippen molar-refractivity contribution in [1.82, 2.24) is 4.98 Å². The number of azo groups is 1. The number of carbonyl (C=O) groups is 1. The highest BCUT2D eigenvalue weighted by Gasteiger charge is 2.09. The molecule has 0 radical (unpaired) electrons. The number of ether oxygens (including phenoxy) is 1. The molecule has 0 unspecified atom stereocenters. The Morgan fingerprint density at radius 2 is 1.92 bits per heavy atom. The zero-order valence-corrected chi connectivity index (χ0v) is 12.9. The highest BCUT2D eigenvalue weighted by Crippen LogP contribution is 2.35. The molecule has 0 bridgehead atoms. The van der Waals surface area contributed by atoms with Crippen molar-refractivity contribution in [2.24, 2.45) is 10.2 Å². The number of benzene rings is 2. The molecule has 2 aromatic carbocycles. The van der Waals surface area contributed by atoms with Gasteiger partial charge in [0.2, 0.25) is 5.88 Å². The smallest absolute Gasteiger partial charge is 0.288 e. The number of aromatic amines is 1. The number of carbonyl (C=O) groups excluding carboxylic acids is 1. The van der Waals surface area contributed by atoms with Gasteiger partial charge >= 0.3 is 0 Å². The number of hydrogen-bond donors (Lipinski definition) is 2. The average Bonchev–Trinajstić information content (AvgIpc) is 2.93. The Morgan fingerprint density at radius 1 is 1.17 bits per heavy atom. The number of fused-ring (bicyclic) bond motifs is 1. The number of nitrogens with zero attached hydrogens (tertiary/aromatic N) is 2. The van der Waals surface area contributed by atoms with E-state index in [1.165, 1.54) is 6.08 Å². The lowest BCUT2D eigenvalue weighted by atomic mass is 10.2. The van der Waals surface area contributed by atoms with Gasteiger partial charge in [0.25, 0.3) is 5.91 Å². The van der Waals surface area contributed by atoms with Gasteiger partial charge in [0, 0.05) is 11.5 Å². The van der Waals surface area contributed by atoms with Crippen LogP contribution in [0.25, 0.3) is 17.0 Å². The van der Waals surface area contributed by atoms with E-state index in [4.69, 9.17) is 4.74 Å². The van der Waals surface area contributed by atoms with Gasteiger partial charge in [0.05, 0.1) is 12.6 Å². The standard InChI is InChI=1S/C18H15N3O3/c1-24-13-9-6-12(7-10-13)8-11-16(22)20-21-17-14-4-2-3-5-15(14)19-18(17)23/h2-11,19,23H,1H3/b11-8+,21-20?. The average molecular weight is 321 g/mol. The van der Waals surface area contributed by atoms with E-state index < -0.39 is 5.91 Å². The lowest BCUT2D eigenvalue weighted by Crippen LogP contribution is -1.85. The Morgan fingerprint density at radius 3 is 2.67 bits per heavy atom. The lowest BCUT2D eigenvalue weighted by Gasteiger charge is -1.98. The van der Waals surface area contributed by atoms with Crippen LogP contribution in [0.1, 0.15) is 5.56 Å². The number of methoxy groups -OCH3 is 1. The first kappa shape index (κ1) is 15.5. The van der Waals surface area contributed by atoms with Crippen LogP contribution < -0.4 is 4.74 Å². The Bertz CT molecular complexity index is 924. The number of hydrogen-bond acceptors (Lipinski definition) is 4. The fraction of sp³-hybridized carbons (Fsp3) is 0.0556. The number of nitrogens with one attached hydrogen (secondary N) is 1. The maximum absolute atomic E-state index is 11.8. The normalized spacial score (nSPS) is 11.5. The Labute approximate surface area is 138 Å². The highest BCUT2D eigenvalue weighted by atomic mass is 16.5. The van der Waals surface area contributed by atoms with Crippen LogP contribution in [0.15, 0.2) is 64.8 Å². The summed E-state index contributed by atoms with van der Waals surface area (Å²) < 4.78 is 5.07. The molecule has 0 aliphatic heterocycles. The molecule has 1 heterocycles. The van der Waals surface area contributed by atoms with E-state index in [-0.39, 0.29) is 11.6 Å². The summed E-state index contributed by atoms with van der Waals surface area (Å²) in [6.07, 6.45) is 2.95. The third kappa shape index (κ3) is 3.33. The van der Waals surface area contributed by atoms with Crippen LogP contribution in [0, 0.1) is 0 Å². The van der Waals surface area contributed by atoms with Gasteiger partial charge in [-0.25, -0.2) is 0 Å². The third-order valence-electron chi connectivity index (χ3n) is 3.44. The van der Waals surface area contributed by atoms with E-state index in [1.807, 2.05) is 24.3 Å². The van der Waals surface area contributed by atoms with Crippen molar-refractivity contribution in [2.75, 3.05) is 7.11 Å². The van der Waals surface area contributed by atoms with Gasteiger partial charge in [-0.05, 0) is 29.8 Å². The SMILES string of the molecule is COc1ccc(/C=C/C(=O)N=Nc2c(O)[nH]c3ccccc23)cc1. The molecule has 0 saturated heterocycles. The van der Waals surface area contributed by atoms with Crippen LogP contribution in [0.4, 0.5) is 5.69 Å². The zero-order valence-electron chi connectivity index (χ0n) is 12.9. The summed E-state index contributed by atoms with van der Waals surface area (Å²) in [7, 11) is 1.59. The predicted molar refractivity (Wildman–Crippen MR) is 91.5 cm³/mol. The van der Waals surface area contributed by atoms with Gasteiger partial charge in [0.15, 0.2) is 5.69 Å². The predicted octanol–water partition coefficient (Wildman–Crippen LogP) is 4.21. The molecule has 6 nitrogen and oxygen atoms in total. The molecule has 0 aliphatic rings. The van der Waals surface area contributed by atoms with Gasteiger partial charge in [-0.1, -0.05) is 30.3 Å². The van der Waals surface area contributed by atoms with Gasteiger partial charge in [-0.2, -0.15) is 0 Å². The summed E-state index contributed by atoms with van der Waals surface area (Å²) >= 11 is 0. The minimum absolute atomic E-state index is 0.119. The summed E-state index contributed by atoms with van der Waals surface area (Å²) in [5.74, 6) is 0.107. The number of rotatable bonds is 4. The minimum Gasteiger partial charge on any atom is -0.497 e. The first-order valence-electron chi connectivity index (χ1n) is 7.25. The molecular formula is C18H15N3O3. The topological polar surface area (TPSA) is 87.0 Å². The maximum atomic E-state index is 11.8. The number of aromatic hydroxyl groups is 1. The number of para-hydroxylation sites is 1. The van der Waals surface area contributed by atoms with Crippen LogP contribution in [0.5, 0.6) is 11.6 Å². The van der Waals surface area contributed by atoms with Crippen molar-refractivity contribution in [1.29, 1.82) is 0 Å². The minimum atomic E-state index is -0.518. The molecule has 0 aliphatic carbocycles. The summed E-state index contributed by atoms with van der Waals surface area (Å²) in [5.41, 5.74) is 1.82. The molecule has 24 heavy (non-hydrogen) atoms. The summed E-state index contributed by atoms with van der Waals surface area (Å²) in [6.45, 7) is 0. The van der Waals surface area contributed by atoms with E-state index in [0.717, 1.165) is 16.8 Å². The second-order valence-electron chi connectivity index (χ2n) is 5.01. The van der Waals surface area contributed by atoms with E-state index in [0.29, 0.717) is 5.39 Å². The Kier molecular flexibility index (Phi) is 4.38. The second kappa shape index (κ2) is 6.78. The van der Waals surface area contributed by atoms with Gasteiger partial charge in [-0.3, -0.25) is 4.79 Å². The molecule has 3 aromatic rings. The third-order valence-corrected chi connectivity index (χ3v) is 3.44.